The Morgan fingerprint density at radius 1 is 0.283 bits per heavy atom. The van der Waals surface area contributed by atoms with Crippen LogP contribution in [0.1, 0.15) is 335 Å². The molecule has 0 spiro atoms. The van der Waals surface area contributed by atoms with E-state index in [1.807, 2.05) is 0 Å². The van der Waals surface area contributed by atoms with Crippen molar-refractivity contribution < 1.29 is 19.1 Å². The van der Waals surface area contributed by atoms with Crippen LogP contribution >= 0.6 is 0 Å². The van der Waals surface area contributed by atoms with E-state index in [2.05, 4.69) is 20.8 Å². The number of carbonyl (C=O) groups is 3. The molecule has 0 aliphatic heterocycles. The van der Waals surface area contributed by atoms with Crippen molar-refractivity contribution in [3.8, 4) is 0 Å². The average Bonchev–Trinajstić information content (AvgIpc) is 3.24. The Hall–Kier alpha value is -1.19. The topological polar surface area (TPSA) is 60.4 Å². The van der Waals surface area contributed by atoms with E-state index in [1.54, 1.807) is 0 Å². The third-order valence-corrected chi connectivity index (χ3v) is 13.2. The molecule has 356 valence electrons. The van der Waals surface area contributed by atoms with Gasteiger partial charge < -0.3 is 4.74 Å². The molecule has 0 aliphatic carbocycles. The molecule has 1 unspecified atom stereocenters. The van der Waals surface area contributed by atoms with Gasteiger partial charge in [-0.2, -0.15) is 0 Å². The Balaban J connectivity index is 4.22. The van der Waals surface area contributed by atoms with Gasteiger partial charge in [0.15, 0.2) is 0 Å². The average molecular weight is 845 g/mol. The molecule has 1 atom stereocenters. The van der Waals surface area contributed by atoms with E-state index in [0.29, 0.717) is 12.8 Å². The molecular formula is C56H108O4. The molecule has 0 saturated carbocycles. The van der Waals surface area contributed by atoms with Crippen LogP contribution in [0.2, 0.25) is 0 Å². The van der Waals surface area contributed by atoms with E-state index >= 15 is 0 Å². The minimum atomic E-state index is -0.770. The molecular weight excluding hydrogens is 737 g/mol. The second-order valence-corrected chi connectivity index (χ2v) is 19.3. The number of unbranched alkanes of at least 4 members (excludes halogenated alkanes) is 43. The van der Waals surface area contributed by atoms with Crippen LogP contribution in [0.15, 0.2) is 0 Å². The zero-order chi connectivity index (χ0) is 43.7. The first kappa shape index (κ1) is 58.8. The molecule has 0 aliphatic rings. The van der Waals surface area contributed by atoms with Gasteiger partial charge in [0.05, 0.1) is 0 Å². The Kier molecular flexibility index (Phi) is 49.5. The molecule has 0 N–H and O–H groups in total. The second-order valence-electron chi connectivity index (χ2n) is 19.3. The highest BCUT2D eigenvalue weighted by molar-refractivity contribution is 6.02. The largest absolute Gasteiger partial charge is 0.393 e. The lowest BCUT2D eigenvalue weighted by molar-refractivity contribution is -0.164. The highest BCUT2D eigenvalue weighted by Gasteiger charge is 2.28. The van der Waals surface area contributed by atoms with Crippen molar-refractivity contribution in [1.82, 2.24) is 0 Å². The normalized spacial score (nSPS) is 12.0. The lowest BCUT2D eigenvalue weighted by Gasteiger charge is -2.14. The van der Waals surface area contributed by atoms with Gasteiger partial charge in [-0.25, -0.2) is 0 Å². The molecule has 0 aromatic carbocycles. The molecule has 0 aromatic rings. The molecule has 0 amide bonds. The second kappa shape index (κ2) is 50.5. The van der Waals surface area contributed by atoms with Crippen molar-refractivity contribution in [3.05, 3.63) is 0 Å². The molecule has 0 rings (SSSR count). The fourth-order valence-electron chi connectivity index (χ4n) is 9.03. The van der Waals surface area contributed by atoms with Crippen LogP contribution in [-0.2, 0) is 19.1 Å². The van der Waals surface area contributed by atoms with Crippen LogP contribution in [0.5, 0.6) is 0 Å². The van der Waals surface area contributed by atoms with Crippen molar-refractivity contribution in [1.29, 1.82) is 0 Å². The number of hydrogen-bond acceptors (Lipinski definition) is 4. The first-order valence-corrected chi connectivity index (χ1v) is 27.8. The number of carbonyl (C=O) groups excluding carboxylic acids is 3. The van der Waals surface area contributed by atoms with Crippen molar-refractivity contribution in [2.24, 2.45) is 5.92 Å². The summed E-state index contributed by atoms with van der Waals surface area (Å²) in [5.74, 6) is -1.79. The van der Waals surface area contributed by atoms with Crippen molar-refractivity contribution in [2.75, 3.05) is 0 Å². The Labute approximate surface area is 376 Å². The Morgan fingerprint density at radius 2 is 0.500 bits per heavy atom. The third kappa shape index (κ3) is 44.9. The standard InChI is InChI=1S/C56H108O4/c1-4-7-10-13-16-19-22-24-25-26-27-28-29-30-31-32-34-36-38-41-44-47-50-53(54(57)51-48-45-42-39-35-21-18-15-12-9-6-3)56(59)60-55(58)52-49-46-43-40-37-33-23-20-17-14-11-8-5-2/h53H,4-52H2,1-3H3. The maximum absolute atomic E-state index is 13.3. The first-order valence-electron chi connectivity index (χ1n) is 27.8. The highest BCUT2D eigenvalue weighted by Crippen LogP contribution is 2.21. The van der Waals surface area contributed by atoms with Gasteiger partial charge in [-0.1, -0.05) is 303 Å². The van der Waals surface area contributed by atoms with E-state index in [0.717, 1.165) is 57.8 Å². The van der Waals surface area contributed by atoms with Gasteiger partial charge in [-0.15, -0.1) is 0 Å². The van der Waals surface area contributed by atoms with Gasteiger partial charge in [-0.3, -0.25) is 14.4 Å². The Morgan fingerprint density at radius 3 is 0.767 bits per heavy atom. The molecule has 0 fully saturated rings. The van der Waals surface area contributed by atoms with E-state index in [4.69, 9.17) is 4.74 Å². The lowest BCUT2D eigenvalue weighted by atomic mass is 9.92. The van der Waals surface area contributed by atoms with Crippen LogP contribution in [-0.4, -0.2) is 17.7 Å². The van der Waals surface area contributed by atoms with Gasteiger partial charge >= 0.3 is 11.9 Å². The summed E-state index contributed by atoms with van der Waals surface area (Å²) < 4.78 is 5.35. The summed E-state index contributed by atoms with van der Waals surface area (Å²) in [6.45, 7) is 6.83. The fourth-order valence-corrected chi connectivity index (χ4v) is 9.03. The number of hydrogen-bond donors (Lipinski definition) is 0. The number of ketones is 1. The molecule has 0 heterocycles. The maximum Gasteiger partial charge on any atom is 0.324 e. The van der Waals surface area contributed by atoms with Crippen LogP contribution in [0.25, 0.3) is 0 Å². The summed E-state index contributed by atoms with van der Waals surface area (Å²) in [5, 5.41) is 0. The summed E-state index contributed by atoms with van der Waals surface area (Å²) in [5.41, 5.74) is 0. The SMILES string of the molecule is CCCCCCCCCCCCCCCCCCCCCCCCC(C(=O)CCCCCCCCCCCCC)C(=O)OC(=O)CCCCCCCCCCCCCCC. The number of Topliss-reactive ketones (excluding diaryl/α,β-unsaturated/α-hetero) is 1. The zero-order valence-corrected chi connectivity index (χ0v) is 41.4. The fraction of sp³-hybridized carbons (Fsp3) is 0.946. The van der Waals surface area contributed by atoms with E-state index < -0.39 is 17.9 Å². The zero-order valence-electron chi connectivity index (χ0n) is 41.4. The maximum atomic E-state index is 13.3. The molecule has 60 heavy (non-hydrogen) atoms. The predicted molar refractivity (Wildman–Crippen MR) is 263 cm³/mol. The van der Waals surface area contributed by atoms with Crippen molar-refractivity contribution >= 4 is 17.7 Å². The monoisotopic (exact) mass is 845 g/mol. The molecule has 0 saturated heterocycles. The summed E-state index contributed by atoms with van der Waals surface area (Å²) >= 11 is 0. The van der Waals surface area contributed by atoms with Crippen LogP contribution in [0.4, 0.5) is 0 Å². The Bertz CT molecular complexity index is 882. The predicted octanol–water partition coefficient (Wildman–Crippen LogP) is 19.4. The molecule has 0 aromatic heterocycles. The smallest absolute Gasteiger partial charge is 0.324 e. The van der Waals surface area contributed by atoms with Gasteiger partial charge in [0, 0.05) is 12.8 Å². The van der Waals surface area contributed by atoms with E-state index in [9.17, 15) is 14.4 Å². The minimum Gasteiger partial charge on any atom is -0.393 e. The molecule has 0 bridgehead atoms. The lowest BCUT2D eigenvalue weighted by Crippen LogP contribution is -2.28. The van der Waals surface area contributed by atoms with Gasteiger partial charge in [0.2, 0.25) is 0 Å². The first-order chi connectivity index (χ1) is 29.6. The van der Waals surface area contributed by atoms with E-state index in [-0.39, 0.29) is 12.2 Å². The molecule has 4 heteroatoms. The van der Waals surface area contributed by atoms with Crippen molar-refractivity contribution in [3.63, 3.8) is 0 Å². The summed E-state index contributed by atoms with van der Waals surface area (Å²) in [7, 11) is 0. The molecule has 4 nitrogen and oxygen atoms in total. The number of rotatable bonds is 51. The summed E-state index contributed by atoms with van der Waals surface area (Å²) in [6.07, 6.45) is 60.7. The van der Waals surface area contributed by atoms with Gasteiger partial charge in [-0.05, 0) is 19.3 Å². The minimum absolute atomic E-state index is 0.00631. The van der Waals surface area contributed by atoms with Gasteiger partial charge in [0.25, 0.3) is 0 Å². The highest BCUT2D eigenvalue weighted by atomic mass is 16.6. The summed E-state index contributed by atoms with van der Waals surface area (Å²) in [4.78, 5) is 39.2. The van der Waals surface area contributed by atoms with Crippen LogP contribution < -0.4 is 0 Å². The molecule has 0 radical (unpaired) electrons. The third-order valence-electron chi connectivity index (χ3n) is 13.2. The van der Waals surface area contributed by atoms with E-state index in [1.165, 1.54) is 238 Å². The number of esters is 2. The summed E-state index contributed by atoms with van der Waals surface area (Å²) in [6, 6.07) is 0. The van der Waals surface area contributed by atoms with Crippen molar-refractivity contribution in [2.45, 2.75) is 335 Å². The van der Waals surface area contributed by atoms with Crippen LogP contribution in [0.3, 0.4) is 0 Å². The van der Waals surface area contributed by atoms with Crippen LogP contribution in [0, 0.1) is 5.92 Å². The number of ether oxygens (including phenoxy) is 1. The van der Waals surface area contributed by atoms with Gasteiger partial charge in [0.1, 0.15) is 11.7 Å². The quantitative estimate of drug-likeness (QED) is 0.0348.